The topological polar surface area (TPSA) is 79.7 Å². The number of benzene rings is 1. The lowest BCUT2D eigenvalue weighted by Gasteiger charge is -2.38. The number of hydrogen-bond donors (Lipinski definition) is 1. The van der Waals surface area contributed by atoms with Crippen molar-refractivity contribution >= 4 is 11.9 Å². The van der Waals surface area contributed by atoms with Crippen LogP contribution in [0.4, 0.5) is 0 Å². The maximum absolute atomic E-state index is 12.8. The second-order valence-electron chi connectivity index (χ2n) is 5.77. The summed E-state index contributed by atoms with van der Waals surface area (Å²) in [5, 5.41) is 9.04. The van der Waals surface area contributed by atoms with Gasteiger partial charge in [0.05, 0.1) is 19.2 Å². The van der Waals surface area contributed by atoms with E-state index in [1.807, 2.05) is 37.3 Å². The van der Waals surface area contributed by atoms with Crippen molar-refractivity contribution in [3.8, 4) is 0 Å². The number of aromatic carboxylic acids is 1. The molecule has 1 aliphatic heterocycles. The Bertz CT molecular complexity index is 748. The fourth-order valence-corrected chi connectivity index (χ4v) is 2.76. The van der Waals surface area contributed by atoms with Gasteiger partial charge in [-0.1, -0.05) is 30.3 Å². The zero-order valence-corrected chi connectivity index (χ0v) is 13.3. The molecule has 1 N–H and O–H groups in total. The molecule has 6 nitrogen and oxygen atoms in total. The van der Waals surface area contributed by atoms with Crippen LogP contribution in [0.2, 0.25) is 0 Å². The minimum atomic E-state index is -1.15. The Morgan fingerprint density at radius 3 is 2.71 bits per heavy atom. The quantitative estimate of drug-likeness (QED) is 0.937. The van der Waals surface area contributed by atoms with Crippen LogP contribution >= 0.6 is 0 Å². The number of carbonyl (C=O) groups excluding carboxylic acids is 1. The summed E-state index contributed by atoms with van der Waals surface area (Å²) in [6.45, 7) is 2.77. The molecule has 0 aliphatic carbocycles. The first-order chi connectivity index (χ1) is 11.6. The number of ether oxygens (including phenoxy) is 1. The van der Waals surface area contributed by atoms with Gasteiger partial charge in [-0.05, 0) is 24.6 Å². The van der Waals surface area contributed by atoms with Crippen LogP contribution in [-0.2, 0) is 4.74 Å². The second kappa shape index (κ2) is 6.80. The third kappa shape index (κ3) is 3.28. The van der Waals surface area contributed by atoms with Gasteiger partial charge in [0.1, 0.15) is 11.8 Å². The summed E-state index contributed by atoms with van der Waals surface area (Å²) in [5.41, 5.74) is 1.20. The van der Waals surface area contributed by atoms with Gasteiger partial charge < -0.3 is 14.7 Å². The standard InChI is InChI=1S/C18H18N2O4/c1-12-11-24-16(13-5-3-2-4-6-13)10-20(12)17(21)14-7-8-19-15(9-14)18(22)23/h2-9,12,16H,10-11H2,1H3,(H,22,23). The van der Waals surface area contributed by atoms with Crippen molar-refractivity contribution in [2.75, 3.05) is 13.2 Å². The summed E-state index contributed by atoms with van der Waals surface area (Å²) in [6.07, 6.45) is 1.16. The SMILES string of the molecule is CC1COC(c2ccccc2)CN1C(=O)c1ccnc(C(=O)O)c1. The number of carbonyl (C=O) groups is 2. The number of morpholine rings is 1. The van der Waals surface area contributed by atoms with Gasteiger partial charge in [-0.15, -0.1) is 0 Å². The third-order valence-electron chi connectivity index (χ3n) is 4.09. The van der Waals surface area contributed by atoms with Crippen LogP contribution < -0.4 is 0 Å². The van der Waals surface area contributed by atoms with Crippen molar-refractivity contribution in [2.24, 2.45) is 0 Å². The van der Waals surface area contributed by atoms with Crippen molar-refractivity contribution in [3.05, 3.63) is 65.5 Å². The molecule has 1 amide bonds. The molecule has 0 saturated carbocycles. The van der Waals surface area contributed by atoms with E-state index in [1.54, 1.807) is 4.90 Å². The molecule has 1 aromatic carbocycles. The second-order valence-corrected chi connectivity index (χ2v) is 5.77. The Balaban J connectivity index is 1.82. The van der Waals surface area contributed by atoms with Gasteiger partial charge in [-0.2, -0.15) is 0 Å². The predicted molar refractivity (Wildman–Crippen MR) is 86.8 cm³/mol. The van der Waals surface area contributed by atoms with E-state index in [0.717, 1.165) is 5.56 Å². The number of carboxylic acid groups (broad SMARTS) is 1. The molecule has 2 atom stereocenters. The Kier molecular flexibility index (Phi) is 4.57. The lowest BCUT2D eigenvalue weighted by molar-refractivity contribution is -0.0486. The molecule has 124 valence electrons. The van der Waals surface area contributed by atoms with E-state index in [1.165, 1.54) is 18.3 Å². The molecule has 1 fully saturated rings. The lowest BCUT2D eigenvalue weighted by Crippen LogP contribution is -2.48. The van der Waals surface area contributed by atoms with E-state index in [0.29, 0.717) is 18.7 Å². The largest absolute Gasteiger partial charge is 0.477 e. The molecule has 0 bridgehead atoms. The number of nitrogens with zero attached hydrogens (tertiary/aromatic N) is 2. The van der Waals surface area contributed by atoms with E-state index >= 15 is 0 Å². The van der Waals surface area contributed by atoms with Crippen LogP contribution in [0.3, 0.4) is 0 Å². The molecule has 2 heterocycles. The summed E-state index contributed by atoms with van der Waals surface area (Å²) in [6, 6.07) is 12.5. The number of pyridine rings is 1. The van der Waals surface area contributed by atoms with Crippen molar-refractivity contribution in [1.29, 1.82) is 0 Å². The van der Waals surface area contributed by atoms with Crippen LogP contribution in [0.1, 0.15) is 39.4 Å². The van der Waals surface area contributed by atoms with Gasteiger partial charge in [0.15, 0.2) is 0 Å². The number of hydrogen-bond acceptors (Lipinski definition) is 4. The highest BCUT2D eigenvalue weighted by atomic mass is 16.5. The molecule has 0 radical (unpaired) electrons. The molecule has 1 aliphatic rings. The fraction of sp³-hybridized carbons (Fsp3) is 0.278. The van der Waals surface area contributed by atoms with Crippen LogP contribution in [0, 0.1) is 0 Å². The van der Waals surface area contributed by atoms with Gasteiger partial charge in [0.2, 0.25) is 0 Å². The number of carboxylic acids is 1. The molecular formula is C18H18N2O4. The summed E-state index contributed by atoms with van der Waals surface area (Å²) in [4.78, 5) is 29.3. The Hall–Kier alpha value is -2.73. The number of aromatic nitrogens is 1. The van der Waals surface area contributed by atoms with E-state index in [4.69, 9.17) is 9.84 Å². The molecular weight excluding hydrogens is 308 g/mol. The highest BCUT2D eigenvalue weighted by Crippen LogP contribution is 2.26. The Morgan fingerprint density at radius 2 is 2.00 bits per heavy atom. The number of amides is 1. The van der Waals surface area contributed by atoms with Crippen molar-refractivity contribution in [2.45, 2.75) is 19.1 Å². The average molecular weight is 326 g/mol. The zero-order valence-electron chi connectivity index (χ0n) is 13.3. The van der Waals surface area contributed by atoms with E-state index in [2.05, 4.69) is 4.98 Å². The first-order valence-electron chi connectivity index (χ1n) is 7.73. The number of rotatable bonds is 3. The Labute approximate surface area is 139 Å². The molecule has 24 heavy (non-hydrogen) atoms. The fourth-order valence-electron chi connectivity index (χ4n) is 2.76. The zero-order chi connectivity index (χ0) is 17.1. The van der Waals surface area contributed by atoms with Crippen LogP contribution in [0.25, 0.3) is 0 Å². The minimum Gasteiger partial charge on any atom is -0.477 e. The van der Waals surface area contributed by atoms with Gasteiger partial charge in [-0.3, -0.25) is 4.79 Å². The maximum Gasteiger partial charge on any atom is 0.354 e. The minimum absolute atomic E-state index is 0.0843. The maximum atomic E-state index is 12.8. The first-order valence-corrected chi connectivity index (χ1v) is 7.73. The summed E-state index contributed by atoms with van der Waals surface area (Å²) in [7, 11) is 0. The van der Waals surface area contributed by atoms with Crippen LogP contribution in [0.5, 0.6) is 0 Å². The summed E-state index contributed by atoms with van der Waals surface area (Å²) >= 11 is 0. The smallest absolute Gasteiger partial charge is 0.354 e. The predicted octanol–water partition coefficient (Wildman–Crippen LogP) is 2.38. The van der Waals surface area contributed by atoms with Crippen LogP contribution in [0.15, 0.2) is 48.7 Å². The molecule has 1 aromatic heterocycles. The molecule has 2 unspecified atom stereocenters. The van der Waals surface area contributed by atoms with Gasteiger partial charge in [-0.25, -0.2) is 9.78 Å². The van der Waals surface area contributed by atoms with Gasteiger partial charge in [0.25, 0.3) is 5.91 Å². The van der Waals surface area contributed by atoms with Crippen molar-refractivity contribution < 1.29 is 19.4 Å². The van der Waals surface area contributed by atoms with Gasteiger partial charge >= 0.3 is 5.97 Å². The normalized spacial score (nSPS) is 20.6. The van der Waals surface area contributed by atoms with E-state index < -0.39 is 5.97 Å². The van der Waals surface area contributed by atoms with E-state index in [9.17, 15) is 9.59 Å². The highest BCUT2D eigenvalue weighted by molar-refractivity contribution is 5.96. The Morgan fingerprint density at radius 1 is 1.25 bits per heavy atom. The molecule has 1 saturated heterocycles. The van der Waals surface area contributed by atoms with Crippen molar-refractivity contribution in [3.63, 3.8) is 0 Å². The lowest BCUT2D eigenvalue weighted by atomic mass is 10.0. The molecule has 2 aromatic rings. The molecule has 6 heteroatoms. The first kappa shape index (κ1) is 16.1. The van der Waals surface area contributed by atoms with Crippen LogP contribution in [-0.4, -0.2) is 46.1 Å². The highest BCUT2D eigenvalue weighted by Gasteiger charge is 2.31. The average Bonchev–Trinajstić information content (AvgIpc) is 2.62. The van der Waals surface area contributed by atoms with Gasteiger partial charge in [0, 0.05) is 11.8 Å². The summed E-state index contributed by atoms with van der Waals surface area (Å²) in [5.74, 6) is -1.36. The molecule has 0 spiro atoms. The monoisotopic (exact) mass is 326 g/mol. The van der Waals surface area contributed by atoms with Crippen molar-refractivity contribution in [1.82, 2.24) is 9.88 Å². The van der Waals surface area contributed by atoms with E-state index in [-0.39, 0.29) is 23.7 Å². The summed E-state index contributed by atoms with van der Waals surface area (Å²) < 4.78 is 5.85. The third-order valence-corrected chi connectivity index (χ3v) is 4.09. The molecule has 3 rings (SSSR count).